The summed E-state index contributed by atoms with van der Waals surface area (Å²) in [4.78, 5) is 28.7. The molecule has 0 bridgehead atoms. The van der Waals surface area contributed by atoms with E-state index in [-0.39, 0.29) is 28.1 Å². The summed E-state index contributed by atoms with van der Waals surface area (Å²) in [6.07, 6.45) is 1.53. The van der Waals surface area contributed by atoms with Gasteiger partial charge in [0, 0.05) is 31.2 Å². The molecule has 1 aromatic carbocycles. The van der Waals surface area contributed by atoms with Gasteiger partial charge in [0.25, 0.3) is 0 Å². The van der Waals surface area contributed by atoms with Crippen molar-refractivity contribution in [2.45, 2.75) is 56.7 Å². The quantitative estimate of drug-likeness (QED) is 0.745. The zero-order chi connectivity index (χ0) is 20.9. The number of nitrogens with zero attached hydrogens (tertiary/aromatic N) is 2. The number of hydrogen-bond acceptors (Lipinski definition) is 4. The van der Waals surface area contributed by atoms with Crippen LogP contribution in [0.25, 0.3) is 0 Å². The first-order valence-corrected chi connectivity index (χ1v) is 10.7. The number of nitrogens with one attached hydrogen (secondary N) is 1. The van der Waals surface area contributed by atoms with Gasteiger partial charge in [0.2, 0.25) is 5.91 Å². The smallest absolute Gasteiger partial charge is 0.317 e. The Kier molecular flexibility index (Phi) is 7.63. The van der Waals surface area contributed by atoms with E-state index in [0.717, 1.165) is 24.2 Å². The van der Waals surface area contributed by atoms with Gasteiger partial charge in [0.15, 0.2) is 0 Å². The lowest BCUT2D eigenvalue weighted by Crippen LogP contribution is -2.47. The molecule has 0 aliphatic carbocycles. The van der Waals surface area contributed by atoms with Crippen LogP contribution in [0.2, 0.25) is 0 Å². The maximum atomic E-state index is 12.9. The molecule has 3 amide bonds. The normalized spacial score (nSPS) is 19.6. The topological polar surface area (TPSA) is 61.9 Å². The average molecular weight is 408 g/mol. The molecule has 0 radical (unpaired) electrons. The van der Waals surface area contributed by atoms with Crippen molar-refractivity contribution in [3.05, 3.63) is 29.8 Å². The van der Waals surface area contributed by atoms with Crippen LogP contribution in [0.15, 0.2) is 24.3 Å². The summed E-state index contributed by atoms with van der Waals surface area (Å²) in [5.41, 5.74) is 0.758. The van der Waals surface area contributed by atoms with E-state index in [1.54, 1.807) is 30.8 Å². The molecule has 1 aliphatic heterocycles. The Hall–Kier alpha value is -1.89. The van der Waals surface area contributed by atoms with E-state index < -0.39 is 0 Å². The van der Waals surface area contributed by atoms with E-state index >= 15 is 0 Å². The molecule has 1 heterocycles. The number of urea groups is 1. The summed E-state index contributed by atoms with van der Waals surface area (Å²) in [7, 11) is 3.44. The molecular formula is C21H33N3O3S. The van der Waals surface area contributed by atoms with E-state index in [1.165, 1.54) is 0 Å². The zero-order valence-corrected chi connectivity index (χ0v) is 18.6. The van der Waals surface area contributed by atoms with E-state index in [4.69, 9.17) is 4.74 Å². The van der Waals surface area contributed by atoms with Gasteiger partial charge in [0.1, 0.15) is 11.1 Å². The first kappa shape index (κ1) is 22.4. The van der Waals surface area contributed by atoms with Crippen LogP contribution in [0.1, 0.15) is 51.5 Å². The molecule has 1 aromatic rings. The van der Waals surface area contributed by atoms with Crippen LogP contribution >= 0.6 is 11.8 Å². The molecule has 7 heteroatoms. The molecule has 2 unspecified atom stereocenters. The maximum Gasteiger partial charge on any atom is 0.317 e. The molecule has 2 rings (SSSR count). The number of thioether (sulfide) groups is 1. The molecule has 0 saturated carbocycles. The highest BCUT2D eigenvalue weighted by Crippen LogP contribution is 2.46. The van der Waals surface area contributed by atoms with Crippen molar-refractivity contribution >= 4 is 23.7 Å². The molecule has 28 heavy (non-hydrogen) atoms. The van der Waals surface area contributed by atoms with Gasteiger partial charge in [0.05, 0.1) is 12.4 Å². The predicted molar refractivity (Wildman–Crippen MR) is 115 cm³/mol. The zero-order valence-electron chi connectivity index (χ0n) is 17.8. The third-order valence-electron chi connectivity index (χ3n) is 4.63. The molecule has 0 spiro atoms. The van der Waals surface area contributed by atoms with Crippen molar-refractivity contribution in [3.63, 3.8) is 0 Å². The lowest BCUT2D eigenvalue weighted by atomic mass is 10.1. The monoisotopic (exact) mass is 407 g/mol. The molecule has 6 nitrogen and oxygen atoms in total. The Morgan fingerprint density at radius 3 is 2.61 bits per heavy atom. The standard InChI is InChI=1S/C21H33N3O3S/c1-7-17-18(25)24(14-10-13-23(5)20(26)22-21(2,3)4)19(28-17)15-11-8-9-12-16(15)27-6/h8-9,11-12,17,19H,7,10,13-14H2,1-6H3,(H,22,26). The fourth-order valence-corrected chi connectivity index (χ4v) is 4.65. The Balaban J connectivity index is 2.04. The van der Waals surface area contributed by atoms with Crippen LogP contribution in [-0.4, -0.2) is 59.8 Å². The van der Waals surface area contributed by atoms with Crippen molar-refractivity contribution in [2.24, 2.45) is 0 Å². The minimum atomic E-state index is -0.268. The highest BCUT2D eigenvalue weighted by molar-refractivity contribution is 8.01. The highest BCUT2D eigenvalue weighted by Gasteiger charge is 2.40. The Bertz CT molecular complexity index is 690. The predicted octanol–water partition coefficient (Wildman–Crippen LogP) is 3.88. The molecule has 156 valence electrons. The highest BCUT2D eigenvalue weighted by atomic mass is 32.2. The molecule has 1 aliphatic rings. The van der Waals surface area contributed by atoms with Gasteiger partial charge in [-0.25, -0.2) is 4.79 Å². The minimum Gasteiger partial charge on any atom is -0.496 e. The molecule has 1 fully saturated rings. The van der Waals surface area contributed by atoms with Crippen LogP contribution in [0, 0.1) is 0 Å². The summed E-state index contributed by atoms with van der Waals surface area (Å²) < 4.78 is 5.52. The lowest BCUT2D eigenvalue weighted by Gasteiger charge is -2.28. The maximum absolute atomic E-state index is 12.9. The fraction of sp³-hybridized carbons (Fsp3) is 0.619. The summed E-state index contributed by atoms with van der Waals surface area (Å²) in [5, 5.41) is 2.87. The largest absolute Gasteiger partial charge is 0.496 e. The molecular weight excluding hydrogens is 374 g/mol. The van der Waals surface area contributed by atoms with Gasteiger partial charge in [-0.1, -0.05) is 25.1 Å². The third-order valence-corrected chi connectivity index (χ3v) is 6.26. The second kappa shape index (κ2) is 9.54. The van der Waals surface area contributed by atoms with Crippen LogP contribution in [0.3, 0.4) is 0 Å². The number of rotatable bonds is 7. The minimum absolute atomic E-state index is 0.0307. The van der Waals surface area contributed by atoms with Gasteiger partial charge >= 0.3 is 6.03 Å². The van der Waals surface area contributed by atoms with Crippen LogP contribution in [-0.2, 0) is 4.79 Å². The number of carbonyl (C=O) groups is 2. The summed E-state index contributed by atoms with van der Waals surface area (Å²) in [6, 6.07) is 7.78. The Morgan fingerprint density at radius 1 is 1.32 bits per heavy atom. The van der Waals surface area contributed by atoms with Gasteiger partial charge < -0.3 is 19.9 Å². The summed E-state index contributed by atoms with van der Waals surface area (Å²) in [5.74, 6) is 0.974. The van der Waals surface area contributed by atoms with Gasteiger partial charge in [-0.3, -0.25) is 4.79 Å². The van der Waals surface area contributed by atoms with E-state index in [0.29, 0.717) is 13.1 Å². The molecule has 2 atom stereocenters. The van der Waals surface area contributed by atoms with Crippen molar-refractivity contribution in [1.82, 2.24) is 15.1 Å². The second-order valence-corrected chi connectivity index (χ2v) is 9.40. The van der Waals surface area contributed by atoms with Crippen molar-refractivity contribution in [3.8, 4) is 5.75 Å². The number of methoxy groups -OCH3 is 1. The molecule has 0 aromatic heterocycles. The van der Waals surface area contributed by atoms with Crippen molar-refractivity contribution in [1.29, 1.82) is 0 Å². The van der Waals surface area contributed by atoms with Crippen LogP contribution in [0.5, 0.6) is 5.75 Å². The van der Waals surface area contributed by atoms with Crippen molar-refractivity contribution in [2.75, 3.05) is 27.2 Å². The van der Waals surface area contributed by atoms with Crippen molar-refractivity contribution < 1.29 is 14.3 Å². The van der Waals surface area contributed by atoms with Gasteiger partial charge in [-0.05, 0) is 39.7 Å². The summed E-state index contributed by atoms with van der Waals surface area (Å²) in [6.45, 7) is 9.12. The molecule has 1 saturated heterocycles. The fourth-order valence-electron chi connectivity index (χ4n) is 3.19. The SMILES string of the molecule is CCC1SC(c2ccccc2OC)N(CCCN(C)C(=O)NC(C)(C)C)C1=O. The van der Waals surface area contributed by atoms with E-state index in [2.05, 4.69) is 5.32 Å². The Labute approximate surface area is 173 Å². The molecule has 1 N–H and O–H groups in total. The number of para-hydroxylation sites is 1. The van der Waals surface area contributed by atoms with Crippen LogP contribution < -0.4 is 10.1 Å². The van der Waals surface area contributed by atoms with Gasteiger partial charge in [-0.15, -0.1) is 11.8 Å². The lowest BCUT2D eigenvalue weighted by molar-refractivity contribution is -0.130. The third kappa shape index (κ3) is 5.56. The second-order valence-electron chi connectivity index (χ2n) is 8.11. The first-order chi connectivity index (χ1) is 13.2. The number of carbonyl (C=O) groups excluding carboxylic acids is 2. The van der Waals surface area contributed by atoms with Gasteiger partial charge in [-0.2, -0.15) is 0 Å². The number of benzene rings is 1. The summed E-state index contributed by atoms with van der Waals surface area (Å²) >= 11 is 1.69. The number of amides is 3. The van der Waals surface area contributed by atoms with E-state index in [1.807, 2.05) is 56.9 Å². The Morgan fingerprint density at radius 2 is 2.00 bits per heavy atom. The average Bonchev–Trinajstić information content (AvgIpc) is 2.96. The number of hydrogen-bond donors (Lipinski definition) is 1. The van der Waals surface area contributed by atoms with E-state index in [9.17, 15) is 9.59 Å². The first-order valence-electron chi connectivity index (χ1n) is 9.80. The van der Waals surface area contributed by atoms with Crippen LogP contribution in [0.4, 0.5) is 4.79 Å². The number of ether oxygens (including phenoxy) is 1.